The molecule has 2 atom stereocenters. The van der Waals surface area contributed by atoms with E-state index in [1.54, 1.807) is 0 Å². The highest BCUT2D eigenvalue weighted by atomic mass is 16.5. The van der Waals surface area contributed by atoms with E-state index in [4.69, 9.17) is 10.5 Å². The molecule has 112 valence electrons. The Bertz CT molecular complexity index is 253. The van der Waals surface area contributed by atoms with Crippen LogP contribution >= 0.6 is 0 Å². The Morgan fingerprint density at radius 3 is 2.74 bits per heavy atom. The van der Waals surface area contributed by atoms with E-state index in [0.29, 0.717) is 12.3 Å². The minimum atomic E-state index is 0.259. The molecule has 1 aliphatic rings. The molecular formula is C15H30N2O2. The maximum absolute atomic E-state index is 12.2. The molecule has 0 aromatic heterocycles. The Hall–Kier alpha value is -0.610. The molecule has 0 aliphatic carbocycles. The molecule has 0 aromatic rings. The molecule has 1 fully saturated rings. The SMILES string of the molecule is CCC(CCN)CCC(=O)N(CC)CC1CCCO1. The average molecular weight is 270 g/mol. The minimum absolute atomic E-state index is 0.259. The third kappa shape index (κ3) is 5.91. The van der Waals surface area contributed by atoms with E-state index in [1.807, 2.05) is 11.8 Å². The first-order valence-corrected chi connectivity index (χ1v) is 7.80. The molecular weight excluding hydrogens is 240 g/mol. The number of hydrogen-bond acceptors (Lipinski definition) is 3. The lowest BCUT2D eigenvalue weighted by molar-refractivity contribution is -0.132. The second kappa shape index (κ2) is 9.32. The molecule has 1 aliphatic heterocycles. The fourth-order valence-electron chi connectivity index (χ4n) is 2.72. The van der Waals surface area contributed by atoms with Crippen LogP contribution in [0, 0.1) is 5.92 Å². The zero-order valence-electron chi connectivity index (χ0n) is 12.6. The summed E-state index contributed by atoms with van der Waals surface area (Å²) in [6.45, 7) is 7.35. The molecule has 1 amide bonds. The molecule has 1 rings (SSSR count). The summed E-state index contributed by atoms with van der Waals surface area (Å²) in [5.74, 6) is 0.865. The van der Waals surface area contributed by atoms with Gasteiger partial charge in [0, 0.05) is 26.1 Å². The van der Waals surface area contributed by atoms with Crippen LogP contribution in [0.15, 0.2) is 0 Å². The zero-order valence-corrected chi connectivity index (χ0v) is 12.6. The predicted octanol–water partition coefficient (Wildman–Crippen LogP) is 2.17. The van der Waals surface area contributed by atoms with Crippen molar-refractivity contribution < 1.29 is 9.53 Å². The largest absolute Gasteiger partial charge is 0.376 e. The van der Waals surface area contributed by atoms with Crippen molar-refractivity contribution in [2.24, 2.45) is 11.7 Å². The minimum Gasteiger partial charge on any atom is -0.376 e. The third-order valence-electron chi connectivity index (χ3n) is 4.10. The highest BCUT2D eigenvalue weighted by Gasteiger charge is 2.21. The number of carbonyl (C=O) groups excluding carboxylic acids is 1. The van der Waals surface area contributed by atoms with E-state index in [-0.39, 0.29) is 12.0 Å². The molecule has 19 heavy (non-hydrogen) atoms. The number of likely N-dealkylation sites (N-methyl/N-ethyl adjacent to an activating group) is 1. The number of nitrogens with two attached hydrogens (primary N) is 1. The van der Waals surface area contributed by atoms with Gasteiger partial charge in [0.25, 0.3) is 0 Å². The van der Waals surface area contributed by atoms with E-state index < -0.39 is 0 Å². The maximum atomic E-state index is 12.2. The first-order chi connectivity index (χ1) is 9.21. The second-order valence-corrected chi connectivity index (χ2v) is 5.46. The van der Waals surface area contributed by atoms with Gasteiger partial charge >= 0.3 is 0 Å². The van der Waals surface area contributed by atoms with E-state index in [9.17, 15) is 4.79 Å². The number of ether oxygens (including phenoxy) is 1. The molecule has 2 unspecified atom stereocenters. The van der Waals surface area contributed by atoms with Crippen molar-refractivity contribution in [3.05, 3.63) is 0 Å². The Labute approximate surface area is 117 Å². The van der Waals surface area contributed by atoms with Crippen LogP contribution in [-0.2, 0) is 9.53 Å². The molecule has 2 N–H and O–H groups in total. The van der Waals surface area contributed by atoms with Crippen LogP contribution in [0.2, 0.25) is 0 Å². The summed E-state index contributed by atoms with van der Waals surface area (Å²) in [5, 5.41) is 0. The molecule has 4 nitrogen and oxygen atoms in total. The average Bonchev–Trinajstić information content (AvgIpc) is 2.93. The summed E-state index contributed by atoms with van der Waals surface area (Å²) in [7, 11) is 0. The van der Waals surface area contributed by atoms with Crippen molar-refractivity contribution in [1.82, 2.24) is 4.90 Å². The Morgan fingerprint density at radius 2 is 2.21 bits per heavy atom. The number of amides is 1. The number of carbonyl (C=O) groups is 1. The van der Waals surface area contributed by atoms with E-state index in [1.165, 1.54) is 0 Å². The molecule has 4 heteroatoms. The fourth-order valence-corrected chi connectivity index (χ4v) is 2.72. The Morgan fingerprint density at radius 1 is 1.42 bits per heavy atom. The van der Waals surface area contributed by atoms with Gasteiger partial charge in [-0.15, -0.1) is 0 Å². The number of nitrogens with zero attached hydrogens (tertiary/aromatic N) is 1. The van der Waals surface area contributed by atoms with Crippen molar-refractivity contribution in [2.45, 2.75) is 58.5 Å². The molecule has 0 spiro atoms. The normalized spacial score (nSPS) is 20.5. The third-order valence-corrected chi connectivity index (χ3v) is 4.10. The van der Waals surface area contributed by atoms with Crippen molar-refractivity contribution in [1.29, 1.82) is 0 Å². The summed E-state index contributed by atoms with van der Waals surface area (Å²) >= 11 is 0. The van der Waals surface area contributed by atoms with Gasteiger partial charge in [-0.05, 0) is 45.1 Å². The molecule has 0 aromatic carbocycles. The van der Waals surface area contributed by atoms with Gasteiger partial charge in [0.2, 0.25) is 5.91 Å². The molecule has 0 radical (unpaired) electrons. The predicted molar refractivity (Wildman–Crippen MR) is 77.9 cm³/mol. The van der Waals surface area contributed by atoms with Gasteiger partial charge in [-0.2, -0.15) is 0 Å². The van der Waals surface area contributed by atoms with Crippen LogP contribution in [0.25, 0.3) is 0 Å². The Kier molecular flexibility index (Phi) is 8.07. The van der Waals surface area contributed by atoms with Gasteiger partial charge in [-0.3, -0.25) is 4.79 Å². The fraction of sp³-hybridized carbons (Fsp3) is 0.933. The Balaban J connectivity index is 2.31. The lowest BCUT2D eigenvalue weighted by atomic mass is 9.96. The van der Waals surface area contributed by atoms with Crippen molar-refractivity contribution >= 4 is 5.91 Å². The van der Waals surface area contributed by atoms with Crippen LogP contribution in [-0.4, -0.2) is 43.2 Å². The summed E-state index contributed by atoms with van der Waals surface area (Å²) in [6.07, 6.45) is 6.24. The number of rotatable bonds is 9. The smallest absolute Gasteiger partial charge is 0.222 e. The van der Waals surface area contributed by atoms with Crippen molar-refractivity contribution in [3.63, 3.8) is 0 Å². The lowest BCUT2D eigenvalue weighted by Gasteiger charge is -2.25. The van der Waals surface area contributed by atoms with Crippen molar-refractivity contribution in [2.75, 3.05) is 26.2 Å². The van der Waals surface area contributed by atoms with Crippen LogP contribution in [0.1, 0.15) is 52.4 Å². The van der Waals surface area contributed by atoms with Gasteiger partial charge in [-0.1, -0.05) is 13.3 Å². The first kappa shape index (κ1) is 16.4. The zero-order chi connectivity index (χ0) is 14.1. The second-order valence-electron chi connectivity index (χ2n) is 5.46. The topological polar surface area (TPSA) is 55.6 Å². The first-order valence-electron chi connectivity index (χ1n) is 7.80. The highest BCUT2D eigenvalue weighted by molar-refractivity contribution is 5.76. The summed E-state index contributed by atoms with van der Waals surface area (Å²) in [4.78, 5) is 14.2. The van der Waals surface area contributed by atoms with Crippen LogP contribution in [0.3, 0.4) is 0 Å². The molecule has 0 saturated carbocycles. The molecule has 0 bridgehead atoms. The quantitative estimate of drug-likeness (QED) is 0.698. The van der Waals surface area contributed by atoms with Crippen LogP contribution in [0.5, 0.6) is 0 Å². The standard InChI is InChI=1S/C15H30N2O2/c1-3-13(9-10-16)7-8-15(18)17(4-2)12-14-6-5-11-19-14/h13-14H,3-12,16H2,1-2H3. The van der Waals surface area contributed by atoms with E-state index in [0.717, 1.165) is 58.3 Å². The number of hydrogen-bond donors (Lipinski definition) is 1. The maximum Gasteiger partial charge on any atom is 0.222 e. The van der Waals surface area contributed by atoms with Gasteiger partial charge in [0.1, 0.15) is 0 Å². The summed E-state index contributed by atoms with van der Waals surface area (Å²) in [6, 6.07) is 0. The van der Waals surface area contributed by atoms with Gasteiger partial charge in [0.15, 0.2) is 0 Å². The summed E-state index contributed by atoms with van der Waals surface area (Å²) < 4.78 is 5.61. The van der Waals surface area contributed by atoms with Gasteiger partial charge in [0.05, 0.1) is 6.10 Å². The van der Waals surface area contributed by atoms with E-state index in [2.05, 4.69) is 6.92 Å². The van der Waals surface area contributed by atoms with Crippen molar-refractivity contribution in [3.8, 4) is 0 Å². The lowest BCUT2D eigenvalue weighted by Crippen LogP contribution is -2.37. The van der Waals surface area contributed by atoms with Gasteiger partial charge < -0.3 is 15.4 Å². The van der Waals surface area contributed by atoms with Gasteiger partial charge in [-0.25, -0.2) is 0 Å². The monoisotopic (exact) mass is 270 g/mol. The van der Waals surface area contributed by atoms with Crippen LogP contribution < -0.4 is 5.73 Å². The van der Waals surface area contributed by atoms with Crippen LogP contribution in [0.4, 0.5) is 0 Å². The van der Waals surface area contributed by atoms with E-state index >= 15 is 0 Å². The highest BCUT2D eigenvalue weighted by Crippen LogP contribution is 2.17. The molecule has 1 saturated heterocycles. The summed E-state index contributed by atoms with van der Waals surface area (Å²) in [5.41, 5.74) is 5.59. The molecule has 1 heterocycles.